The van der Waals surface area contributed by atoms with E-state index in [9.17, 15) is 5.11 Å². The van der Waals surface area contributed by atoms with Gasteiger partial charge in [-0.05, 0) is 33.2 Å². The Morgan fingerprint density at radius 2 is 2.11 bits per heavy atom. The summed E-state index contributed by atoms with van der Waals surface area (Å²) in [7, 11) is 1.98. The quantitative estimate of drug-likeness (QED) is 0.523. The van der Waals surface area contributed by atoms with E-state index in [2.05, 4.69) is 6.92 Å². The summed E-state index contributed by atoms with van der Waals surface area (Å²) in [6.45, 7) is 2.16. The highest BCUT2D eigenvalue weighted by atomic mass is 16.3. The predicted molar refractivity (Wildman–Crippen MR) is 37.1 cm³/mol. The highest BCUT2D eigenvalue weighted by molar-refractivity contribution is 4.72. The van der Waals surface area contributed by atoms with E-state index in [-0.39, 0.29) is 6.23 Å². The smallest absolute Gasteiger partial charge is 0.107 e. The van der Waals surface area contributed by atoms with Crippen molar-refractivity contribution in [1.82, 2.24) is 4.90 Å². The highest BCUT2D eigenvalue weighted by Crippen LogP contribution is 2.18. The molecular formula is C7H15NO. The summed E-state index contributed by atoms with van der Waals surface area (Å²) in [6.07, 6.45) is 3.16. The van der Waals surface area contributed by atoms with Gasteiger partial charge in [-0.25, -0.2) is 0 Å². The predicted octanol–water partition coefficient (Wildman–Crippen LogP) is 0.809. The van der Waals surface area contributed by atoms with E-state index < -0.39 is 0 Å². The van der Waals surface area contributed by atoms with Crippen molar-refractivity contribution in [2.75, 3.05) is 7.05 Å². The van der Waals surface area contributed by atoms with Crippen LogP contribution >= 0.6 is 0 Å². The standard InChI is InChI=1S/C7H15NO/c1-6-4-3-5-7(9)8(6)2/h6-7,9H,3-5H2,1-2H3. The molecule has 9 heavy (non-hydrogen) atoms. The van der Waals surface area contributed by atoms with Gasteiger partial charge in [0.2, 0.25) is 0 Å². The maximum Gasteiger partial charge on any atom is 0.107 e. The molecule has 1 saturated heterocycles. The summed E-state index contributed by atoms with van der Waals surface area (Å²) in [5, 5.41) is 9.27. The van der Waals surface area contributed by atoms with Crippen LogP contribution in [0.1, 0.15) is 26.2 Å². The maximum atomic E-state index is 9.27. The second kappa shape index (κ2) is 2.67. The molecule has 1 fully saturated rings. The van der Waals surface area contributed by atoms with Crippen molar-refractivity contribution in [3.8, 4) is 0 Å². The summed E-state index contributed by atoms with van der Waals surface area (Å²) in [5.41, 5.74) is 0. The first-order valence-corrected chi connectivity index (χ1v) is 3.62. The van der Waals surface area contributed by atoms with E-state index in [1.54, 1.807) is 0 Å². The van der Waals surface area contributed by atoms with Crippen molar-refractivity contribution in [3.63, 3.8) is 0 Å². The molecule has 0 aromatic heterocycles. The van der Waals surface area contributed by atoms with E-state index in [1.807, 2.05) is 11.9 Å². The van der Waals surface area contributed by atoms with Gasteiger partial charge in [-0.1, -0.05) is 0 Å². The van der Waals surface area contributed by atoms with Crippen LogP contribution < -0.4 is 0 Å². The fourth-order valence-electron chi connectivity index (χ4n) is 1.30. The molecule has 0 bridgehead atoms. The van der Waals surface area contributed by atoms with Gasteiger partial charge in [-0.2, -0.15) is 0 Å². The lowest BCUT2D eigenvalue weighted by Gasteiger charge is -2.34. The van der Waals surface area contributed by atoms with Crippen LogP contribution in [0.4, 0.5) is 0 Å². The molecule has 0 radical (unpaired) electrons. The lowest BCUT2D eigenvalue weighted by Crippen LogP contribution is -2.41. The Bertz CT molecular complexity index is 84.9. The molecule has 0 aromatic carbocycles. The average molecular weight is 129 g/mol. The zero-order chi connectivity index (χ0) is 6.85. The zero-order valence-corrected chi connectivity index (χ0v) is 6.17. The van der Waals surface area contributed by atoms with Gasteiger partial charge < -0.3 is 5.11 Å². The summed E-state index contributed by atoms with van der Waals surface area (Å²) < 4.78 is 0. The Labute approximate surface area is 56.5 Å². The van der Waals surface area contributed by atoms with Crippen molar-refractivity contribution < 1.29 is 5.11 Å². The number of hydrogen-bond acceptors (Lipinski definition) is 2. The molecule has 2 unspecified atom stereocenters. The highest BCUT2D eigenvalue weighted by Gasteiger charge is 2.21. The molecule has 0 aromatic rings. The van der Waals surface area contributed by atoms with Crippen molar-refractivity contribution >= 4 is 0 Å². The van der Waals surface area contributed by atoms with Gasteiger partial charge in [-0.3, -0.25) is 4.90 Å². The first kappa shape index (κ1) is 7.03. The Hall–Kier alpha value is -0.0800. The van der Waals surface area contributed by atoms with Crippen LogP contribution in [0, 0.1) is 0 Å². The van der Waals surface area contributed by atoms with Gasteiger partial charge in [0.1, 0.15) is 6.23 Å². The molecule has 1 aliphatic rings. The normalized spacial score (nSPS) is 39.0. The molecule has 0 amide bonds. The molecule has 2 nitrogen and oxygen atoms in total. The fraction of sp³-hybridized carbons (Fsp3) is 1.00. The number of likely N-dealkylation sites (tertiary alicyclic amines) is 1. The van der Waals surface area contributed by atoms with Crippen molar-refractivity contribution in [3.05, 3.63) is 0 Å². The molecule has 1 rings (SSSR count). The second-order valence-corrected chi connectivity index (χ2v) is 2.93. The van der Waals surface area contributed by atoms with Gasteiger partial charge >= 0.3 is 0 Å². The monoisotopic (exact) mass is 129 g/mol. The summed E-state index contributed by atoms with van der Waals surface area (Å²) in [4.78, 5) is 2.03. The zero-order valence-electron chi connectivity index (χ0n) is 6.17. The van der Waals surface area contributed by atoms with Gasteiger partial charge in [0.05, 0.1) is 0 Å². The number of piperidine rings is 1. The largest absolute Gasteiger partial charge is 0.378 e. The van der Waals surface area contributed by atoms with E-state index in [4.69, 9.17) is 0 Å². The third-order valence-electron chi connectivity index (χ3n) is 2.25. The molecular weight excluding hydrogens is 114 g/mol. The van der Waals surface area contributed by atoms with Crippen molar-refractivity contribution in [2.45, 2.75) is 38.5 Å². The van der Waals surface area contributed by atoms with Crippen LogP contribution in [0.15, 0.2) is 0 Å². The number of rotatable bonds is 0. The van der Waals surface area contributed by atoms with Gasteiger partial charge in [0.25, 0.3) is 0 Å². The molecule has 1 N–H and O–H groups in total. The summed E-state index contributed by atoms with van der Waals surface area (Å²) in [5.74, 6) is 0. The van der Waals surface area contributed by atoms with E-state index in [1.165, 1.54) is 12.8 Å². The van der Waals surface area contributed by atoms with Crippen LogP contribution in [0.5, 0.6) is 0 Å². The third-order valence-corrected chi connectivity index (χ3v) is 2.25. The molecule has 54 valence electrons. The Morgan fingerprint density at radius 1 is 1.44 bits per heavy atom. The third kappa shape index (κ3) is 1.43. The fourth-order valence-corrected chi connectivity index (χ4v) is 1.30. The van der Waals surface area contributed by atoms with E-state index in [0.29, 0.717) is 6.04 Å². The minimum atomic E-state index is -0.186. The molecule has 1 aliphatic heterocycles. The topological polar surface area (TPSA) is 23.5 Å². The number of aliphatic hydroxyl groups excluding tert-OH is 1. The van der Waals surface area contributed by atoms with Gasteiger partial charge in [-0.15, -0.1) is 0 Å². The van der Waals surface area contributed by atoms with Crippen LogP contribution in [0.25, 0.3) is 0 Å². The van der Waals surface area contributed by atoms with Gasteiger partial charge in [0.15, 0.2) is 0 Å². The lowest BCUT2D eigenvalue weighted by molar-refractivity contribution is -0.0332. The Kier molecular flexibility index (Phi) is 2.09. The Morgan fingerprint density at radius 3 is 2.56 bits per heavy atom. The number of aliphatic hydroxyl groups is 1. The molecule has 1 heterocycles. The van der Waals surface area contributed by atoms with E-state index >= 15 is 0 Å². The number of hydrogen-bond donors (Lipinski definition) is 1. The van der Waals surface area contributed by atoms with Gasteiger partial charge in [0, 0.05) is 6.04 Å². The van der Waals surface area contributed by atoms with Crippen molar-refractivity contribution in [1.29, 1.82) is 0 Å². The summed E-state index contributed by atoms with van der Waals surface area (Å²) >= 11 is 0. The number of nitrogens with zero attached hydrogens (tertiary/aromatic N) is 1. The molecule has 2 heteroatoms. The molecule has 0 aliphatic carbocycles. The van der Waals surface area contributed by atoms with Crippen LogP contribution in [0.3, 0.4) is 0 Å². The van der Waals surface area contributed by atoms with Crippen LogP contribution in [-0.2, 0) is 0 Å². The maximum absolute atomic E-state index is 9.27. The lowest BCUT2D eigenvalue weighted by atomic mass is 10.0. The molecule has 2 atom stereocenters. The average Bonchev–Trinajstić information content (AvgIpc) is 1.83. The molecule has 0 saturated carbocycles. The SMILES string of the molecule is CC1CCCC(O)N1C. The minimum absolute atomic E-state index is 0.186. The van der Waals surface area contributed by atoms with E-state index in [0.717, 1.165) is 6.42 Å². The molecule has 0 spiro atoms. The summed E-state index contributed by atoms with van der Waals surface area (Å²) in [6, 6.07) is 0.564. The van der Waals surface area contributed by atoms with Crippen LogP contribution in [0.2, 0.25) is 0 Å². The Balaban J connectivity index is 2.41. The van der Waals surface area contributed by atoms with Crippen LogP contribution in [-0.4, -0.2) is 29.3 Å². The minimum Gasteiger partial charge on any atom is -0.378 e. The van der Waals surface area contributed by atoms with Crippen molar-refractivity contribution in [2.24, 2.45) is 0 Å². The first-order valence-electron chi connectivity index (χ1n) is 3.62. The second-order valence-electron chi connectivity index (χ2n) is 2.93. The first-order chi connectivity index (χ1) is 4.22.